The monoisotopic (exact) mass is 420 g/mol. The van der Waals surface area contributed by atoms with E-state index in [9.17, 15) is 4.39 Å². The maximum atomic E-state index is 14.5. The predicted molar refractivity (Wildman–Crippen MR) is 114 cm³/mol. The van der Waals surface area contributed by atoms with Gasteiger partial charge in [0.05, 0.1) is 23.3 Å². The summed E-state index contributed by atoms with van der Waals surface area (Å²) < 4.78 is 21.4. The minimum atomic E-state index is -0.374. The Morgan fingerprint density at radius 2 is 2.10 bits per heavy atom. The molecular formula is C21H26ClFN4O2. The summed E-state index contributed by atoms with van der Waals surface area (Å²) in [6.07, 6.45) is 3.22. The van der Waals surface area contributed by atoms with Crippen LogP contribution in [0.25, 0.3) is 22.2 Å². The van der Waals surface area contributed by atoms with Gasteiger partial charge in [0.2, 0.25) is 0 Å². The minimum Gasteiger partial charge on any atom is -0.391 e. The summed E-state index contributed by atoms with van der Waals surface area (Å²) in [6, 6.07) is 5.14. The van der Waals surface area contributed by atoms with E-state index in [1.807, 2.05) is 31.4 Å². The van der Waals surface area contributed by atoms with Gasteiger partial charge >= 0.3 is 0 Å². The fourth-order valence-corrected chi connectivity index (χ4v) is 3.69. The van der Waals surface area contributed by atoms with Gasteiger partial charge in [-0.05, 0) is 57.4 Å². The third-order valence-electron chi connectivity index (χ3n) is 4.77. The lowest BCUT2D eigenvalue weighted by molar-refractivity contribution is -0.00535. The number of nitrogen functional groups attached to an aromatic ring is 1. The van der Waals surface area contributed by atoms with Crippen molar-refractivity contribution in [1.29, 1.82) is 0 Å². The number of imidazole rings is 1. The molecular weight excluding hydrogens is 395 g/mol. The van der Waals surface area contributed by atoms with Crippen LogP contribution in [0.5, 0.6) is 0 Å². The number of fused-ring (bicyclic) bond motifs is 1. The topological polar surface area (TPSA) is 86.2 Å². The maximum Gasteiger partial charge on any atom is 0.151 e. The number of nitrogens with two attached hydrogens (primary N) is 1. The molecule has 0 aliphatic carbocycles. The van der Waals surface area contributed by atoms with E-state index < -0.39 is 0 Å². The van der Waals surface area contributed by atoms with Gasteiger partial charge < -0.3 is 20.1 Å². The number of nitrogens with zero attached hydrogens (tertiary/aromatic N) is 3. The zero-order valence-corrected chi connectivity index (χ0v) is 17.6. The Morgan fingerprint density at radius 3 is 2.69 bits per heavy atom. The lowest BCUT2D eigenvalue weighted by atomic mass is 10.1. The van der Waals surface area contributed by atoms with Gasteiger partial charge in [-0.15, -0.1) is 0 Å². The van der Waals surface area contributed by atoms with Crippen molar-refractivity contribution in [3.63, 3.8) is 0 Å². The van der Waals surface area contributed by atoms with Crippen molar-refractivity contribution in [3.05, 3.63) is 41.1 Å². The van der Waals surface area contributed by atoms with E-state index >= 15 is 0 Å². The van der Waals surface area contributed by atoms with E-state index in [0.717, 1.165) is 30.8 Å². The standard InChI is InChI=1S/C16H16ClFN4.C5H10O2/c1-8(2)22-9(3)21-16-13(18)4-10(5-14(16)22)11-6-15(19)20-7-12(11)17;6-5-2-1-3-7-4-5/h4-8H,1-3H3,(H2,19,20);5-6H,1-4H2/t;5-/m.0/s1. The van der Waals surface area contributed by atoms with Crippen LogP contribution in [0.2, 0.25) is 5.02 Å². The largest absolute Gasteiger partial charge is 0.391 e. The van der Waals surface area contributed by atoms with Crippen molar-refractivity contribution in [2.24, 2.45) is 0 Å². The molecule has 0 radical (unpaired) electrons. The molecule has 8 heteroatoms. The van der Waals surface area contributed by atoms with Crippen LogP contribution < -0.4 is 5.73 Å². The molecule has 1 aliphatic heterocycles. The number of halogens is 2. The Balaban J connectivity index is 0.000000290. The van der Waals surface area contributed by atoms with Gasteiger partial charge in [-0.3, -0.25) is 0 Å². The smallest absolute Gasteiger partial charge is 0.151 e. The van der Waals surface area contributed by atoms with Crippen molar-refractivity contribution in [2.75, 3.05) is 18.9 Å². The average molecular weight is 421 g/mol. The summed E-state index contributed by atoms with van der Waals surface area (Å²) in [5.74, 6) is 0.747. The predicted octanol–water partition coefficient (Wildman–Crippen LogP) is 4.52. The van der Waals surface area contributed by atoms with Crippen molar-refractivity contribution in [2.45, 2.75) is 45.8 Å². The number of pyridine rings is 1. The van der Waals surface area contributed by atoms with Gasteiger partial charge in [0.25, 0.3) is 0 Å². The number of aliphatic hydroxyl groups excluding tert-OH is 1. The van der Waals surface area contributed by atoms with E-state index in [0.29, 0.717) is 34.1 Å². The molecule has 3 aromatic rings. The highest BCUT2D eigenvalue weighted by Crippen LogP contribution is 2.33. The Bertz CT molecular complexity index is 1000. The number of hydrogen-bond donors (Lipinski definition) is 2. The quantitative estimate of drug-likeness (QED) is 0.636. The summed E-state index contributed by atoms with van der Waals surface area (Å²) >= 11 is 6.18. The van der Waals surface area contributed by atoms with Gasteiger partial charge in [0, 0.05) is 24.4 Å². The number of aliphatic hydroxyl groups is 1. The summed E-state index contributed by atoms with van der Waals surface area (Å²) in [7, 11) is 0. The second-order valence-electron chi connectivity index (χ2n) is 7.41. The van der Waals surface area contributed by atoms with Crippen molar-refractivity contribution in [3.8, 4) is 11.1 Å². The number of hydrogen-bond acceptors (Lipinski definition) is 5. The van der Waals surface area contributed by atoms with Gasteiger partial charge in [-0.2, -0.15) is 0 Å². The maximum absolute atomic E-state index is 14.5. The fraction of sp³-hybridized carbons (Fsp3) is 0.429. The van der Waals surface area contributed by atoms with Gasteiger partial charge in [-0.1, -0.05) is 11.6 Å². The van der Waals surface area contributed by atoms with E-state index in [-0.39, 0.29) is 18.0 Å². The molecule has 4 rings (SSSR count). The first-order chi connectivity index (χ1) is 13.8. The highest BCUT2D eigenvalue weighted by molar-refractivity contribution is 6.33. The molecule has 3 heterocycles. The molecule has 29 heavy (non-hydrogen) atoms. The van der Waals surface area contributed by atoms with Crippen molar-refractivity contribution >= 4 is 28.5 Å². The average Bonchev–Trinajstić information content (AvgIpc) is 3.01. The van der Waals surface area contributed by atoms with Crippen LogP contribution in [-0.2, 0) is 4.74 Å². The van der Waals surface area contributed by atoms with E-state index in [1.54, 1.807) is 6.07 Å². The molecule has 3 N–H and O–H groups in total. The fourth-order valence-electron chi connectivity index (χ4n) is 3.48. The Morgan fingerprint density at radius 1 is 1.34 bits per heavy atom. The number of aromatic nitrogens is 3. The number of aryl methyl sites for hydroxylation is 1. The second-order valence-corrected chi connectivity index (χ2v) is 7.82. The first kappa shape index (κ1) is 21.5. The van der Waals surface area contributed by atoms with E-state index in [1.165, 1.54) is 12.3 Å². The van der Waals surface area contributed by atoms with Crippen LogP contribution in [0.4, 0.5) is 10.2 Å². The number of ether oxygens (including phenoxy) is 1. The molecule has 6 nitrogen and oxygen atoms in total. The normalized spacial score (nSPS) is 16.7. The third kappa shape index (κ3) is 4.86. The SMILES string of the molecule is Cc1nc2c(F)cc(-c3cc(N)ncc3Cl)cc2n1C(C)C.O[C@H]1CCCOC1. The molecule has 0 amide bonds. The lowest BCUT2D eigenvalue weighted by Gasteiger charge is -2.15. The van der Waals surface area contributed by atoms with Crippen molar-refractivity contribution < 1.29 is 14.2 Å². The summed E-state index contributed by atoms with van der Waals surface area (Å²) in [5, 5.41) is 9.21. The Kier molecular flexibility index (Phi) is 6.72. The van der Waals surface area contributed by atoms with Crippen LogP contribution in [0.15, 0.2) is 24.4 Å². The lowest BCUT2D eigenvalue weighted by Crippen LogP contribution is -2.21. The number of rotatable bonds is 2. The summed E-state index contributed by atoms with van der Waals surface area (Å²) in [6.45, 7) is 7.32. The zero-order valence-electron chi connectivity index (χ0n) is 16.8. The molecule has 1 aliphatic rings. The van der Waals surface area contributed by atoms with Gasteiger partial charge in [0.15, 0.2) is 5.82 Å². The van der Waals surface area contributed by atoms with Crippen LogP contribution >= 0.6 is 11.6 Å². The Labute approximate surface area is 174 Å². The highest BCUT2D eigenvalue weighted by Gasteiger charge is 2.16. The number of anilines is 1. The molecule has 2 aromatic heterocycles. The molecule has 1 fully saturated rings. The molecule has 0 unspecified atom stereocenters. The molecule has 1 aromatic carbocycles. The molecule has 1 saturated heterocycles. The second kappa shape index (κ2) is 9.07. The molecule has 1 atom stereocenters. The molecule has 0 saturated carbocycles. The first-order valence-electron chi connectivity index (χ1n) is 9.63. The van der Waals surface area contributed by atoms with Crippen LogP contribution in [-0.4, -0.2) is 39.0 Å². The van der Waals surface area contributed by atoms with Crippen molar-refractivity contribution in [1.82, 2.24) is 14.5 Å². The van der Waals surface area contributed by atoms with E-state index in [4.69, 9.17) is 27.2 Å². The Hall–Kier alpha value is -2.22. The van der Waals surface area contributed by atoms with Crippen LogP contribution in [0.3, 0.4) is 0 Å². The molecule has 0 bridgehead atoms. The summed E-state index contributed by atoms with van der Waals surface area (Å²) in [4.78, 5) is 8.26. The molecule has 0 spiro atoms. The summed E-state index contributed by atoms with van der Waals surface area (Å²) in [5.41, 5.74) is 8.14. The minimum absolute atomic E-state index is 0.178. The zero-order chi connectivity index (χ0) is 21.1. The highest BCUT2D eigenvalue weighted by atomic mass is 35.5. The first-order valence-corrected chi connectivity index (χ1v) is 10.0. The van der Waals surface area contributed by atoms with Crippen LogP contribution in [0, 0.1) is 12.7 Å². The van der Waals surface area contributed by atoms with Crippen LogP contribution in [0.1, 0.15) is 38.6 Å². The van der Waals surface area contributed by atoms with E-state index in [2.05, 4.69) is 9.97 Å². The van der Waals surface area contributed by atoms with Gasteiger partial charge in [0.1, 0.15) is 17.2 Å². The third-order valence-corrected chi connectivity index (χ3v) is 5.07. The molecule has 156 valence electrons. The van der Waals surface area contributed by atoms with Gasteiger partial charge in [-0.25, -0.2) is 14.4 Å². The number of benzene rings is 1.